The summed E-state index contributed by atoms with van der Waals surface area (Å²) in [6, 6.07) is 0.297. The SMILES string of the molecule is O=CC=CC(=O)NC(CCC1CCCCC1)C1CCCCC1. The number of amides is 1. The van der Waals surface area contributed by atoms with Gasteiger partial charge in [0, 0.05) is 12.1 Å². The Hall–Kier alpha value is -1.12. The molecule has 3 nitrogen and oxygen atoms in total. The Morgan fingerprint density at radius 2 is 1.64 bits per heavy atom. The molecule has 0 aliphatic heterocycles. The molecule has 2 fully saturated rings. The van der Waals surface area contributed by atoms with Crippen molar-refractivity contribution in [2.75, 3.05) is 0 Å². The average molecular weight is 305 g/mol. The predicted molar refractivity (Wildman–Crippen MR) is 89.5 cm³/mol. The summed E-state index contributed by atoms with van der Waals surface area (Å²) >= 11 is 0. The van der Waals surface area contributed by atoms with Crippen LogP contribution in [0.15, 0.2) is 12.2 Å². The molecular formula is C19H31NO2. The maximum absolute atomic E-state index is 11.9. The summed E-state index contributed by atoms with van der Waals surface area (Å²) in [6.07, 6.45) is 19.0. The molecule has 0 saturated heterocycles. The van der Waals surface area contributed by atoms with E-state index in [9.17, 15) is 9.59 Å². The zero-order valence-corrected chi connectivity index (χ0v) is 13.8. The summed E-state index contributed by atoms with van der Waals surface area (Å²) < 4.78 is 0. The zero-order chi connectivity index (χ0) is 15.6. The quantitative estimate of drug-likeness (QED) is 0.567. The van der Waals surface area contributed by atoms with E-state index in [4.69, 9.17) is 0 Å². The highest BCUT2D eigenvalue weighted by Crippen LogP contribution is 2.32. The van der Waals surface area contributed by atoms with E-state index in [1.165, 1.54) is 82.8 Å². The number of hydrogen-bond donors (Lipinski definition) is 1. The van der Waals surface area contributed by atoms with Gasteiger partial charge in [-0.05, 0) is 43.6 Å². The van der Waals surface area contributed by atoms with Gasteiger partial charge in [-0.1, -0.05) is 51.4 Å². The summed E-state index contributed by atoms with van der Waals surface area (Å²) in [5.41, 5.74) is 0. The van der Waals surface area contributed by atoms with Gasteiger partial charge in [-0.3, -0.25) is 9.59 Å². The van der Waals surface area contributed by atoms with Crippen molar-refractivity contribution in [3.8, 4) is 0 Å². The Balaban J connectivity index is 1.86. The molecule has 1 N–H and O–H groups in total. The lowest BCUT2D eigenvalue weighted by atomic mass is 9.79. The van der Waals surface area contributed by atoms with E-state index >= 15 is 0 Å². The summed E-state index contributed by atoms with van der Waals surface area (Å²) in [5.74, 6) is 1.39. The van der Waals surface area contributed by atoms with E-state index in [1.54, 1.807) is 0 Å². The van der Waals surface area contributed by atoms with E-state index in [2.05, 4.69) is 5.32 Å². The fourth-order valence-electron chi connectivity index (χ4n) is 4.21. The number of carbonyl (C=O) groups is 2. The van der Waals surface area contributed by atoms with Crippen molar-refractivity contribution >= 4 is 12.2 Å². The van der Waals surface area contributed by atoms with Crippen LogP contribution in [0.4, 0.5) is 0 Å². The first-order valence-electron chi connectivity index (χ1n) is 9.22. The third kappa shape index (κ3) is 5.94. The zero-order valence-electron chi connectivity index (χ0n) is 13.8. The lowest BCUT2D eigenvalue weighted by Crippen LogP contribution is -2.40. The second-order valence-electron chi connectivity index (χ2n) is 7.09. The highest BCUT2D eigenvalue weighted by Gasteiger charge is 2.25. The van der Waals surface area contributed by atoms with Crippen LogP contribution >= 0.6 is 0 Å². The molecule has 0 heterocycles. The minimum atomic E-state index is -0.105. The number of allylic oxidation sites excluding steroid dienone is 1. The van der Waals surface area contributed by atoms with Crippen LogP contribution in [0.5, 0.6) is 0 Å². The number of hydrogen-bond acceptors (Lipinski definition) is 2. The van der Waals surface area contributed by atoms with Gasteiger partial charge in [0.15, 0.2) is 0 Å². The van der Waals surface area contributed by atoms with Gasteiger partial charge < -0.3 is 5.32 Å². The topological polar surface area (TPSA) is 46.2 Å². The van der Waals surface area contributed by atoms with Crippen LogP contribution in [0.1, 0.15) is 77.0 Å². The molecule has 0 aromatic heterocycles. The summed E-state index contributed by atoms with van der Waals surface area (Å²) in [4.78, 5) is 22.3. The van der Waals surface area contributed by atoms with Crippen molar-refractivity contribution in [2.24, 2.45) is 11.8 Å². The van der Waals surface area contributed by atoms with Gasteiger partial charge in [0.05, 0.1) is 0 Å². The highest BCUT2D eigenvalue weighted by atomic mass is 16.1. The monoisotopic (exact) mass is 305 g/mol. The highest BCUT2D eigenvalue weighted by molar-refractivity contribution is 5.91. The summed E-state index contributed by atoms with van der Waals surface area (Å²) in [5, 5.41) is 3.18. The molecule has 22 heavy (non-hydrogen) atoms. The van der Waals surface area contributed by atoms with Crippen LogP contribution in [-0.4, -0.2) is 18.2 Å². The summed E-state index contributed by atoms with van der Waals surface area (Å²) in [6.45, 7) is 0. The molecule has 0 radical (unpaired) electrons. The molecule has 1 unspecified atom stereocenters. The minimum Gasteiger partial charge on any atom is -0.350 e. The van der Waals surface area contributed by atoms with Crippen LogP contribution in [0.25, 0.3) is 0 Å². The maximum Gasteiger partial charge on any atom is 0.244 e. The molecule has 1 amide bonds. The van der Waals surface area contributed by atoms with Crippen molar-refractivity contribution in [1.29, 1.82) is 0 Å². The van der Waals surface area contributed by atoms with Crippen molar-refractivity contribution in [1.82, 2.24) is 5.32 Å². The fourth-order valence-corrected chi connectivity index (χ4v) is 4.21. The van der Waals surface area contributed by atoms with E-state index in [0.717, 1.165) is 12.3 Å². The lowest BCUT2D eigenvalue weighted by molar-refractivity contribution is -0.118. The first kappa shape index (κ1) is 17.2. The van der Waals surface area contributed by atoms with Crippen molar-refractivity contribution < 1.29 is 9.59 Å². The maximum atomic E-state index is 11.9. The second-order valence-corrected chi connectivity index (χ2v) is 7.09. The third-order valence-corrected chi connectivity index (χ3v) is 5.48. The van der Waals surface area contributed by atoms with E-state index in [0.29, 0.717) is 18.2 Å². The van der Waals surface area contributed by atoms with E-state index in [-0.39, 0.29) is 5.91 Å². The Morgan fingerprint density at radius 3 is 2.27 bits per heavy atom. The van der Waals surface area contributed by atoms with E-state index < -0.39 is 0 Å². The van der Waals surface area contributed by atoms with E-state index in [1.807, 2.05) is 0 Å². The molecule has 0 aromatic carbocycles. The van der Waals surface area contributed by atoms with Crippen LogP contribution in [-0.2, 0) is 9.59 Å². The molecule has 0 aromatic rings. The molecule has 0 bridgehead atoms. The summed E-state index contributed by atoms with van der Waals surface area (Å²) in [7, 11) is 0. The van der Waals surface area contributed by atoms with Crippen molar-refractivity contribution in [3.63, 3.8) is 0 Å². The molecule has 124 valence electrons. The van der Waals surface area contributed by atoms with Gasteiger partial charge in [-0.2, -0.15) is 0 Å². The second kappa shape index (κ2) is 9.81. The number of carbonyl (C=O) groups excluding carboxylic acids is 2. The van der Waals surface area contributed by atoms with Crippen LogP contribution in [0.3, 0.4) is 0 Å². The largest absolute Gasteiger partial charge is 0.350 e. The molecule has 2 aliphatic rings. The van der Waals surface area contributed by atoms with Crippen LogP contribution in [0.2, 0.25) is 0 Å². The number of nitrogens with one attached hydrogen (secondary N) is 1. The first-order chi connectivity index (χ1) is 10.8. The Morgan fingerprint density at radius 1 is 1.00 bits per heavy atom. The Kier molecular flexibility index (Phi) is 7.68. The van der Waals surface area contributed by atoms with Gasteiger partial charge >= 0.3 is 0 Å². The Bertz CT molecular complexity index is 366. The minimum absolute atomic E-state index is 0.105. The third-order valence-electron chi connectivity index (χ3n) is 5.48. The smallest absolute Gasteiger partial charge is 0.244 e. The first-order valence-corrected chi connectivity index (χ1v) is 9.22. The molecule has 2 saturated carbocycles. The standard InChI is InChI=1S/C19H31NO2/c21-15-7-12-19(22)20-18(17-10-5-2-6-11-17)14-13-16-8-3-1-4-9-16/h7,12,15-18H,1-6,8-11,13-14H2,(H,20,22). The van der Waals surface area contributed by atoms with Crippen LogP contribution < -0.4 is 5.32 Å². The normalized spacial score (nSPS) is 22.5. The number of rotatable bonds is 7. The lowest BCUT2D eigenvalue weighted by Gasteiger charge is -2.32. The number of aldehydes is 1. The molecule has 0 spiro atoms. The molecule has 2 rings (SSSR count). The Labute approximate surface area is 134 Å². The van der Waals surface area contributed by atoms with Gasteiger partial charge in [0.1, 0.15) is 6.29 Å². The molecule has 3 heteroatoms. The predicted octanol–water partition coefficient (Wildman–Crippen LogP) is 4.17. The van der Waals surface area contributed by atoms with Gasteiger partial charge in [-0.15, -0.1) is 0 Å². The van der Waals surface area contributed by atoms with Crippen molar-refractivity contribution in [3.05, 3.63) is 12.2 Å². The molecule has 1 atom stereocenters. The van der Waals surface area contributed by atoms with Crippen molar-refractivity contribution in [2.45, 2.75) is 83.1 Å². The fraction of sp³-hybridized carbons (Fsp3) is 0.789. The van der Waals surface area contributed by atoms with Crippen LogP contribution in [0, 0.1) is 11.8 Å². The molecular weight excluding hydrogens is 274 g/mol. The average Bonchev–Trinajstić information content (AvgIpc) is 2.58. The van der Waals surface area contributed by atoms with Gasteiger partial charge in [-0.25, -0.2) is 0 Å². The van der Waals surface area contributed by atoms with Gasteiger partial charge in [0.25, 0.3) is 0 Å². The van der Waals surface area contributed by atoms with Gasteiger partial charge in [0.2, 0.25) is 5.91 Å². The molecule has 2 aliphatic carbocycles.